The minimum absolute atomic E-state index is 0.373. The molecule has 19 heavy (non-hydrogen) atoms. The Balaban J connectivity index is 3.00. The lowest BCUT2D eigenvalue weighted by molar-refractivity contribution is -0.145. The van der Waals surface area contributed by atoms with Crippen molar-refractivity contribution in [2.24, 2.45) is 0 Å². The highest BCUT2D eigenvalue weighted by atomic mass is 35.5. The molecule has 0 aliphatic heterocycles. The third-order valence-electron chi connectivity index (χ3n) is 2.93. The normalized spacial score (nSPS) is 12.3. The maximum absolute atomic E-state index is 11.2. The van der Waals surface area contributed by atoms with Gasteiger partial charge in [-0.25, -0.2) is 4.79 Å². The van der Waals surface area contributed by atoms with E-state index in [1.54, 1.807) is 13.0 Å². The monoisotopic (exact) mass is 304 g/mol. The first kappa shape index (κ1) is 16.1. The summed E-state index contributed by atoms with van der Waals surface area (Å²) < 4.78 is 5.54. The quantitative estimate of drug-likeness (QED) is 0.833. The molecule has 1 atom stereocenters. The number of rotatable bonds is 6. The number of hydrogen-bond acceptors (Lipinski definition) is 2. The van der Waals surface area contributed by atoms with Crippen molar-refractivity contribution in [1.82, 2.24) is 0 Å². The average Bonchev–Trinajstić information content (AvgIpc) is 2.37. The van der Waals surface area contributed by atoms with Crippen molar-refractivity contribution in [1.29, 1.82) is 0 Å². The van der Waals surface area contributed by atoms with Crippen LogP contribution in [0.4, 0.5) is 0 Å². The van der Waals surface area contributed by atoms with E-state index >= 15 is 0 Å². The molecule has 1 rings (SSSR count). The van der Waals surface area contributed by atoms with Gasteiger partial charge >= 0.3 is 5.97 Å². The topological polar surface area (TPSA) is 46.5 Å². The minimum Gasteiger partial charge on any atom is -0.479 e. The smallest absolute Gasteiger partial charge is 0.344 e. The van der Waals surface area contributed by atoms with Crippen molar-refractivity contribution < 1.29 is 14.6 Å². The predicted octanol–water partition coefficient (Wildman–Crippen LogP) is 4.63. The van der Waals surface area contributed by atoms with Gasteiger partial charge in [0.1, 0.15) is 5.75 Å². The molecule has 1 N–H and O–H groups in total. The van der Waals surface area contributed by atoms with Gasteiger partial charge < -0.3 is 9.84 Å². The molecular formula is C14H18Cl2O3. The Labute approximate surface area is 123 Å². The number of unbranched alkanes of at least 4 members (excludes halogenated alkanes) is 1. The highest BCUT2D eigenvalue weighted by Crippen LogP contribution is 2.36. The second-order valence-electron chi connectivity index (χ2n) is 4.53. The van der Waals surface area contributed by atoms with E-state index in [-0.39, 0.29) is 0 Å². The molecule has 1 aromatic carbocycles. The maximum Gasteiger partial charge on any atom is 0.344 e. The van der Waals surface area contributed by atoms with Crippen molar-refractivity contribution in [2.75, 3.05) is 0 Å². The van der Waals surface area contributed by atoms with Gasteiger partial charge in [0.25, 0.3) is 0 Å². The fourth-order valence-electron chi connectivity index (χ4n) is 1.76. The second kappa shape index (κ2) is 7.01. The van der Waals surface area contributed by atoms with Gasteiger partial charge in [0, 0.05) is 5.02 Å². The molecule has 0 saturated heterocycles. The molecule has 5 heteroatoms. The Kier molecular flexibility index (Phi) is 5.95. The van der Waals surface area contributed by atoms with E-state index in [9.17, 15) is 4.79 Å². The standard InChI is InChI=1S/C14H18Cl2O3/c1-4-5-6-10(14(17)18)19-11-7-8(2)12(15)9(3)13(11)16/h7,10H,4-6H2,1-3H3,(H,17,18). The van der Waals surface area contributed by atoms with Crippen LogP contribution in [-0.4, -0.2) is 17.2 Å². The first-order chi connectivity index (χ1) is 8.88. The van der Waals surface area contributed by atoms with E-state index < -0.39 is 12.1 Å². The summed E-state index contributed by atoms with van der Waals surface area (Å²) in [7, 11) is 0. The number of carbonyl (C=O) groups is 1. The zero-order chi connectivity index (χ0) is 14.6. The number of ether oxygens (including phenoxy) is 1. The summed E-state index contributed by atoms with van der Waals surface area (Å²) in [6.45, 7) is 5.62. The van der Waals surface area contributed by atoms with Gasteiger partial charge in [0.05, 0.1) is 5.02 Å². The maximum atomic E-state index is 11.2. The number of carboxylic acids is 1. The van der Waals surface area contributed by atoms with Crippen LogP contribution in [0.2, 0.25) is 10.0 Å². The average molecular weight is 305 g/mol. The first-order valence-corrected chi connectivity index (χ1v) is 6.98. The largest absolute Gasteiger partial charge is 0.479 e. The third-order valence-corrected chi connectivity index (χ3v) is 3.98. The van der Waals surface area contributed by atoms with Gasteiger partial charge in [0.2, 0.25) is 0 Å². The van der Waals surface area contributed by atoms with Crippen molar-refractivity contribution in [3.63, 3.8) is 0 Å². The molecule has 0 saturated carbocycles. The third kappa shape index (κ3) is 4.02. The molecule has 1 aromatic rings. The molecule has 1 unspecified atom stereocenters. The van der Waals surface area contributed by atoms with Crippen LogP contribution >= 0.6 is 23.2 Å². The highest BCUT2D eigenvalue weighted by molar-refractivity contribution is 6.37. The lowest BCUT2D eigenvalue weighted by Gasteiger charge is -2.18. The number of aliphatic carboxylic acids is 1. The van der Waals surface area contributed by atoms with Crippen LogP contribution in [0.3, 0.4) is 0 Å². The van der Waals surface area contributed by atoms with Crippen molar-refractivity contribution in [3.05, 3.63) is 27.2 Å². The molecule has 0 spiro atoms. The zero-order valence-electron chi connectivity index (χ0n) is 11.3. The number of benzene rings is 1. The summed E-state index contributed by atoms with van der Waals surface area (Å²) in [6, 6.07) is 1.68. The molecule has 0 bridgehead atoms. The molecule has 0 heterocycles. The number of carboxylic acid groups (broad SMARTS) is 1. The van der Waals surface area contributed by atoms with E-state index in [0.29, 0.717) is 27.8 Å². The summed E-state index contributed by atoms with van der Waals surface area (Å²) in [4.78, 5) is 11.2. The molecule has 0 amide bonds. The molecular weight excluding hydrogens is 287 g/mol. The van der Waals surface area contributed by atoms with E-state index in [1.165, 1.54) is 0 Å². The van der Waals surface area contributed by atoms with Crippen molar-refractivity contribution in [3.8, 4) is 5.75 Å². The number of halogens is 2. The molecule has 0 radical (unpaired) electrons. The summed E-state index contributed by atoms with van der Waals surface area (Å²) in [5.74, 6) is -0.598. The highest BCUT2D eigenvalue weighted by Gasteiger charge is 2.21. The number of hydrogen-bond donors (Lipinski definition) is 1. The Hall–Kier alpha value is -0.930. The summed E-state index contributed by atoms with van der Waals surface area (Å²) in [5, 5.41) is 10.1. The van der Waals surface area contributed by atoms with Gasteiger partial charge in [-0.05, 0) is 43.9 Å². The Morgan fingerprint density at radius 2 is 2.00 bits per heavy atom. The molecule has 0 aliphatic carbocycles. The second-order valence-corrected chi connectivity index (χ2v) is 5.29. The fourth-order valence-corrected chi connectivity index (χ4v) is 2.15. The summed E-state index contributed by atoms with van der Waals surface area (Å²) in [5.41, 5.74) is 1.52. The van der Waals surface area contributed by atoms with E-state index in [0.717, 1.165) is 18.4 Å². The van der Waals surface area contributed by atoms with Crippen LogP contribution in [0.1, 0.15) is 37.3 Å². The Morgan fingerprint density at radius 1 is 1.37 bits per heavy atom. The van der Waals surface area contributed by atoms with E-state index in [2.05, 4.69) is 0 Å². The minimum atomic E-state index is -0.977. The predicted molar refractivity (Wildman–Crippen MR) is 77.5 cm³/mol. The van der Waals surface area contributed by atoms with E-state index in [4.69, 9.17) is 33.0 Å². The fraction of sp³-hybridized carbons (Fsp3) is 0.500. The van der Waals surface area contributed by atoms with Crippen LogP contribution in [0.5, 0.6) is 5.75 Å². The van der Waals surface area contributed by atoms with Crippen molar-refractivity contribution in [2.45, 2.75) is 46.1 Å². The molecule has 0 fully saturated rings. The van der Waals surface area contributed by atoms with Gasteiger partial charge in [-0.2, -0.15) is 0 Å². The van der Waals surface area contributed by atoms with Crippen LogP contribution in [0.15, 0.2) is 6.07 Å². The molecule has 3 nitrogen and oxygen atoms in total. The molecule has 106 valence electrons. The van der Waals surface area contributed by atoms with Gasteiger partial charge in [-0.15, -0.1) is 0 Å². The summed E-state index contributed by atoms with van der Waals surface area (Å²) in [6.07, 6.45) is 1.29. The Bertz CT molecular complexity index is 472. The first-order valence-electron chi connectivity index (χ1n) is 6.23. The summed E-state index contributed by atoms with van der Waals surface area (Å²) >= 11 is 12.2. The van der Waals surface area contributed by atoms with Gasteiger partial charge in [-0.3, -0.25) is 0 Å². The lowest BCUT2D eigenvalue weighted by Crippen LogP contribution is -2.27. The number of aryl methyl sites for hydroxylation is 1. The van der Waals surface area contributed by atoms with Crippen molar-refractivity contribution >= 4 is 29.2 Å². The van der Waals surface area contributed by atoms with E-state index in [1.807, 2.05) is 13.8 Å². The molecule has 0 aliphatic rings. The van der Waals surface area contributed by atoms with Gasteiger partial charge in [-0.1, -0.05) is 36.5 Å². The lowest BCUT2D eigenvalue weighted by atomic mass is 10.1. The van der Waals surface area contributed by atoms with Crippen LogP contribution in [0, 0.1) is 13.8 Å². The Morgan fingerprint density at radius 3 is 2.53 bits per heavy atom. The molecule has 0 aromatic heterocycles. The van der Waals surface area contributed by atoms with Crippen LogP contribution in [0.25, 0.3) is 0 Å². The zero-order valence-corrected chi connectivity index (χ0v) is 12.8. The van der Waals surface area contributed by atoms with Crippen LogP contribution < -0.4 is 4.74 Å². The van der Waals surface area contributed by atoms with Gasteiger partial charge in [0.15, 0.2) is 6.10 Å². The van der Waals surface area contributed by atoms with Crippen LogP contribution in [-0.2, 0) is 4.79 Å². The SMILES string of the molecule is CCCCC(Oc1cc(C)c(Cl)c(C)c1Cl)C(=O)O.